The lowest BCUT2D eigenvalue weighted by molar-refractivity contribution is 0.350. The second kappa shape index (κ2) is 4.38. The molecule has 1 fully saturated rings. The first kappa shape index (κ1) is 11.9. The van der Waals surface area contributed by atoms with Crippen LogP contribution in [0.2, 0.25) is 5.02 Å². The number of hydrogen-bond acceptors (Lipinski definition) is 1. The third-order valence-corrected chi connectivity index (χ3v) is 4.17. The molecular weight excluding hydrogens is 218 g/mol. The van der Waals surface area contributed by atoms with Crippen LogP contribution >= 0.6 is 11.6 Å². The van der Waals surface area contributed by atoms with Gasteiger partial charge in [0.15, 0.2) is 0 Å². The molecule has 88 valence electrons. The minimum atomic E-state index is 0.367. The summed E-state index contributed by atoms with van der Waals surface area (Å²) in [4.78, 5) is 0. The summed E-state index contributed by atoms with van der Waals surface area (Å²) in [7, 11) is 0. The molecule has 0 radical (unpaired) electrons. The fourth-order valence-electron chi connectivity index (χ4n) is 2.08. The lowest BCUT2D eigenvalue weighted by atomic mass is 9.98. The molecule has 2 rings (SSSR count). The van der Waals surface area contributed by atoms with Crippen molar-refractivity contribution in [2.24, 2.45) is 5.41 Å². The van der Waals surface area contributed by atoms with E-state index in [9.17, 15) is 0 Å². The maximum atomic E-state index is 6.00. The number of benzene rings is 1. The molecule has 2 heteroatoms. The number of halogens is 1. The highest BCUT2D eigenvalue weighted by molar-refractivity contribution is 6.30. The second-order valence-electron chi connectivity index (χ2n) is 5.32. The molecule has 1 N–H and O–H groups in total. The van der Waals surface area contributed by atoms with Crippen LogP contribution in [0, 0.1) is 5.41 Å². The fourth-order valence-corrected chi connectivity index (χ4v) is 2.28. The Morgan fingerprint density at radius 3 is 2.56 bits per heavy atom. The molecule has 0 aromatic heterocycles. The first-order valence-electron chi connectivity index (χ1n) is 6.03. The molecule has 0 heterocycles. The molecule has 0 spiro atoms. The lowest BCUT2D eigenvalue weighted by Crippen LogP contribution is -2.35. The molecular formula is C14H20ClN. The Bertz CT molecular complexity index is 371. The zero-order chi connectivity index (χ0) is 11.8. The molecule has 0 bridgehead atoms. The molecule has 2 atom stereocenters. The van der Waals surface area contributed by atoms with E-state index in [1.165, 1.54) is 18.4 Å². The summed E-state index contributed by atoms with van der Waals surface area (Å²) in [5.41, 5.74) is 1.79. The number of nitrogens with one attached hydrogen (secondary N) is 1. The average Bonchev–Trinajstić information content (AvgIpc) is 2.98. The highest BCUT2D eigenvalue weighted by atomic mass is 35.5. The van der Waals surface area contributed by atoms with Crippen molar-refractivity contribution in [3.63, 3.8) is 0 Å². The van der Waals surface area contributed by atoms with E-state index >= 15 is 0 Å². The van der Waals surface area contributed by atoms with Gasteiger partial charge < -0.3 is 5.32 Å². The summed E-state index contributed by atoms with van der Waals surface area (Å²) in [6.45, 7) is 6.84. The van der Waals surface area contributed by atoms with Crippen LogP contribution in [0.25, 0.3) is 0 Å². The Labute approximate surface area is 103 Å². The Balaban J connectivity index is 2.00. The summed E-state index contributed by atoms with van der Waals surface area (Å²) in [6, 6.07) is 9.04. The van der Waals surface area contributed by atoms with Gasteiger partial charge in [-0.1, -0.05) is 30.7 Å². The van der Waals surface area contributed by atoms with E-state index in [0.29, 0.717) is 17.5 Å². The molecule has 0 amide bonds. The van der Waals surface area contributed by atoms with Crippen molar-refractivity contribution in [1.29, 1.82) is 0 Å². The van der Waals surface area contributed by atoms with Gasteiger partial charge in [0, 0.05) is 17.1 Å². The van der Waals surface area contributed by atoms with E-state index in [2.05, 4.69) is 32.2 Å². The Kier molecular flexibility index (Phi) is 3.27. The van der Waals surface area contributed by atoms with Gasteiger partial charge in [0.2, 0.25) is 0 Å². The van der Waals surface area contributed by atoms with Crippen molar-refractivity contribution >= 4 is 11.6 Å². The minimum Gasteiger partial charge on any atom is -0.307 e. The topological polar surface area (TPSA) is 12.0 Å². The molecule has 1 saturated carbocycles. The SMILES string of the molecule is CC(NC(C)C1(C)CC1)c1cccc(Cl)c1. The fraction of sp³-hybridized carbons (Fsp3) is 0.571. The maximum Gasteiger partial charge on any atom is 0.0409 e. The van der Waals surface area contributed by atoms with Gasteiger partial charge >= 0.3 is 0 Å². The zero-order valence-corrected chi connectivity index (χ0v) is 11.0. The second-order valence-corrected chi connectivity index (χ2v) is 5.76. The highest BCUT2D eigenvalue weighted by Crippen LogP contribution is 2.48. The Hall–Kier alpha value is -0.530. The molecule has 1 aromatic carbocycles. The van der Waals surface area contributed by atoms with E-state index in [1.807, 2.05) is 18.2 Å². The van der Waals surface area contributed by atoms with Crippen LogP contribution in [0.1, 0.15) is 45.2 Å². The van der Waals surface area contributed by atoms with Crippen LogP contribution < -0.4 is 5.32 Å². The molecule has 2 unspecified atom stereocenters. The predicted octanol–water partition coefficient (Wildman–Crippen LogP) is 4.18. The molecule has 0 saturated heterocycles. The van der Waals surface area contributed by atoms with Crippen LogP contribution in [0.5, 0.6) is 0 Å². The molecule has 16 heavy (non-hydrogen) atoms. The lowest BCUT2D eigenvalue weighted by Gasteiger charge is -2.25. The smallest absolute Gasteiger partial charge is 0.0409 e. The standard InChI is InChI=1S/C14H20ClN/c1-10(12-5-4-6-13(15)9-12)16-11(2)14(3)7-8-14/h4-6,9-11,16H,7-8H2,1-3H3. The summed E-state index contributed by atoms with van der Waals surface area (Å²) in [5.74, 6) is 0. The van der Waals surface area contributed by atoms with E-state index in [0.717, 1.165) is 5.02 Å². The monoisotopic (exact) mass is 237 g/mol. The van der Waals surface area contributed by atoms with Crippen molar-refractivity contribution in [1.82, 2.24) is 5.32 Å². The summed E-state index contributed by atoms with van der Waals surface area (Å²) in [5, 5.41) is 4.48. The van der Waals surface area contributed by atoms with E-state index in [4.69, 9.17) is 11.6 Å². The minimum absolute atomic E-state index is 0.367. The van der Waals surface area contributed by atoms with Gasteiger partial charge in [0.1, 0.15) is 0 Å². The van der Waals surface area contributed by atoms with Crippen LogP contribution in [-0.4, -0.2) is 6.04 Å². The van der Waals surface area contributed by atoms with Gasteiger partial charge in [0.25, 0.3) is 0 Å². The number of rotatable bonds is 4. The Morgan fingerprint density at radius 2 is 2.00 bits per heavy atom. The molecule has 1 aliphatic carbocycles. The van der Waals surface area contributed by atoms with Crippen LogP contribution in [0.3, 0.4) is 0 Å². The summed E-state index contributed by atoms with van der Waals surface area (Å²) >= 11 is 6.00. The first-order chi connectivity index (χ1) is 7.51. The third-order valence-electron chi connectivity index (χ3n) is 3.93. The van der Waals surface area contributed by atoms with Gasteiger partial charge in [-0.15, -0.1) is 0 Å². The highest BCUT2D eigenvalue weighted by Gasteiger charge is 2.42. The summed E-state index contributed by atoms with van der Waals surface area (Å²) < 4.78 is 0. The average molecular weight is 238 g/mol. The van der Waals surface area contributed by atoms with Crippen LogP contribution in [0.4, 0.5) is 0 Å². The van der Waals surface area contributed by atoms with E-state index in [-0.39, 0.29) is 0 Å². The van der Waals surface area contributed by atoms with Crippen molar-refractivity contribution < 1.29 is 0 Å². The normalized spacial score (nSPS) is 21.5. The number of hydrogen-bond donors (Lipinski definition) is 1. The van der Waals surface area contributed by atoms with Gasteiger partial charge in [-0.3, -0.25) is 0 Å². The third kappa shape index (κ3) is 2.58. The Morgan fingerprint density at radius 1 is 1.31 bits per heavy atom. The van der Waals surface area contributed by atoms with Crippen molar-refractivity contribution in [2.45, 2.75) is 45.7 Å². The van der Waals surface area contributed by atoms with Crippen molar-refractivity contribution in [3.8, 4) is 0 Å². The van der Waals surface area contributed by atoms with Crippen molar-refractivity contribution in [2.75, 3.05) is 0 Å². The van der Waals surface area contributed by atoms with E-state index < -0.39 is 0 Å². The zero-order valence-electron chi connectivity index (χ0n) is 10.3. The first-order valence-corrected chi connectivity index (χ1v) is 6.40. The van der Waals surface area contributed by atoms with Crippen molar-refractivity contribution in [3.05, 3.63) is 34.9 Å². The van der Waals surface area contributed by atoms with Gasteiger partial charge in [-0.2, -0.15) is 0 Å². The van der Waals surface area contributed by atoms with Crippen LogP contribution in [-0.2, 0) is 0 Å². The van der Waals surface area contributed by atoms with Crippen LogP contribution in [0.15, 0.2) is 24.3 Å². The largest absolute Gasteiger partial charge is 0.307 e. The predicted molar refractivity (Wildman–Crippen MR) is 69.8 cm³/mol. The van der Waals surface area contributed by atoms with E-state index in [1.54, 1.807) is 0 Å². The maximum absolute atomic E-state index is 6.00. The van der Waals surface area contributed by atoms with Gasteiger partial charge in [-0.25, -0.2) is 0 Å². The van der Waals surface area contributed by atoms with Gasteiger partial charge in [-0.05, 0) is 49.8 Å². The quantitative estimate of drug-likeness (QED) is 0.829. The summed E-state index contributed by atoms with van der Waals surface area (Å²) in [6.07, 6.45) is 2.70. The molecule has 1 aliphatic rings. The molecule has 1 aromatic rings. The molecule has 1 nitrogen and oxygen atoms in total. The molecule has 0 aliphatic heterocycles. The van der Waals surface area contributed by atoms with Gasteiger partial charge in [0.05, 0.1) is 0 Å².